The van der Waals surface area contributed by atoms with Crippen molar-refractivity contribution in [2.24, 2.45) is 5.73 Å². The zero-order valence-corrected chi connectivity index (χ0v) is 6.01. The van der Waals surface area contributed by atoms with E-state index in [1.54, 1.807) is 0 Å². The Balaban J connectivity index is 2.13. The molecule has 0 amide bonds. The van der Waals surface area contributed by atoms with Gasteiger partial charge < -0.3 is 5.73 Å². The highest BCUT2D eigenvalue weighted by Gasteiger charge is 2.24. The van der Waals surface area contributed by atoms with Gasteiger partial charge >= 0.3 is 0 Å². The van der Waals surface area contributed by atoms with E-state index in [1.165, 1.54) is 6.54 Å². The highest BCUT2D eigenvalue weighted by atomic mass is 15.3. The second kappa shape index (κ2) is 2.25. The van der Waals surface area contributed by atoms with Crippen molar-refractivity contribution in [3.05, 3.63) is 11.8 Å². The van der Waals surface area contributed by atoms with Crippen LogP contribution >= 0.6 is 0 Å². The summed E-state index contributed by atoms with van der Waals surface area (Å²) in [6, 6.07) is 0. The summed E-state index contributed by atoms with van der Waals surface area (Å²) in [5, 5.41) is 3.36. The van der Waals surface area contributed by atoms with Gasteiger partial charge in [0.15, 0.2) is 0 Å². The molecule has 2 heterocycles. The molecular formula is C7H13N3. The van der Waals surface area contributed by atoms with E-state index in [4.69, 9.17) is 5.73 Å². The first-order valence-corrected chi connectivity index (χ1v) is 3.80. The standard InChI is InChI=1S/C7H13N3/c8-6-1-3-10-4-2-9-7(10)5-6/h5,7,9H,1-4,8H2. The highest BCUT2D eigenvalue weighted by Crippen LogP contribution is 2.13. The fourth-order valence-corrected chi connectivity index (χ4v) is 1.60. The Kier molecular flexibility index (Phi) is 1.39. The lowest BCUT2D eigenvalue weighted by atomic mass is 10.2. The van der Waals surface area contributed by atoms with Crippen molar-refractivity contribution in [2.45, 2.75) is 12.6 Å². The van der Waals surface area contributed by atoms with Gasteiger partial charge in [-0.2, -0.15) is 0 Å². The van der Waals surface area contributed by atoms with Gasteiger partial charge in [-0.15, -0.1) is 0 Å². The van der Waals surface area contributed by atoms with Crippen LogP contribution in [0.3, 0.4) is 0 Å². The molecule has 3 heteroatoms. The molecule has 0 bridgehead atoms. The molecule has 0 saturated carbocycles. The van der Waals surface area contributed by atoms with E-state index in [2.05, 4.69) is 16.3 Å². The van der Waals surface area contributed by atoms with Crippen molar-refractivity contribution < 1.29 is 0 Å². The maximum atomic E-state index is 5.69. The SMILES string of the molecule is NC1=CC2NCCN2CC1. The van der Waals surface area contributed by atoms with Gasteiger partial charge in [-0.3, -0.25) is 10.2 Å². The number of hydrogen-bond donors (Lipinski definition) is 2. The van der Waals surface area contributed by atoms with Crippen LogP contribution in [0.5, 0.6) is 0 Å². The fourth-order valence-electron chi connectivity index (χ4n) is 1.60. The molecule has 1 saturated heterocycles. The van der Waals surface area contributed by atoms with E-state index in [0.29, 0.717) is 6.17 Å². The third-order valence-electron chi connectivity index (χ3n) is 2.21. The molecule has 1 fully saturated rings. The van der Waals surface area contributed by atoms with Gasteiger partial charge in [0.2, 0.25) is 0 Å². The van der Waals surface area contributed by atoms with Crippen LogP contribution in [0.15, 0.2) is 11.8 Å². The van der Waals surface area contributed by atoms with Crippen molar-refractivity contribution in [3.63, 3.8) is 0 Å². The summed E-state index contributed by atoms with van der Waals surface area (Å²) >= 11 is 0. The molecule has 0 spiro atoms. The van der Waals surface area contributed by atoms with Crippen molar-refractivity contribution >= 4 is 0 Å². The summed E-state index contributed by atoms with van der Waals surface area (Å²) in [5.74, 6) is 0. The fraction of sp³-hybridized carbons (Fsp3) is 0.714. The summed E-state index contributed by atoms with van der Waals surface area (Å²) in [4.78, 5) is 2.41. The topological polar surface area (TPSA) is 41.3 Å². The molecule has 56 valence electrons. The number of nitrogens with one attached hydrogen (secondary N) is 1. The second-order valence-corrected chi connectivity index (χ2v) is 2.93. The average molecular weight is 139 g/mol. The minimum absolute atomic E-state index is 0.439. The van der Waals surface area contributed by atoms with Crippen molar-refractivity contribution in [3.8, 4) is 0 Å². The zero-order chi connectivity index (χ0) is 6.97. The number of hydrogen-bond acceptors (Lipinski definition) is 3. The van der Waals surface area contributed by atoms with Crippen LogP contribution in [-0.4, -0.2) is 30.7 Å². The van der Waals surface area contributed by atoms with Crippen LogP contribution in [0.25, 0.3) is 0 Å². The minimum atomic E-state index is 0.439. The van der Waals surface area contributed by atoms with Gasteiger partial charge in [0, 0.05) is 25.3 Å². The van der Waals surface area contributed by atoms with Crippen LogP contribution in [0.1, 0.15) is 6.42 Å². The lowest BCUT2D eigenvalue weighted by Gasteiger charge is -2.26. The number of rotatable bonds is 0. The van der Waals surface area contributed by atoms with Gasteiger partial charge in [-0.05, 0) is 12.5 Å². The third kappa shape index (κ3) is 0.914. The zero-order valence-electron chi connectivity index (χ0n) is 6.01. The molecule has 1 atom stereocenters. The molecule has 2 aliphatic heterocycles. The summed E-state index contributed by atoms with van der Waals surface area (Å²) in [6.45, 7) is 3.41. The van der Waals surface area contributed by atoms with E-state index in [9.17, 15) is 0 Å². The van der Waals surface area contributed by atoms with Crippen molar-refractivity contribution in [1.29, 1.82) is 0 Å². The van der Waals surface area contributed by atoms with Crippen LogP contribution in [0, 0.1) is 0 Å². The van der Waals surface area contributed by atoms with E-state index in [1.807, 2.05) is 0 Å². The van der Waals surface area contributed by atoms with Gasteiger partial charge in [0.25, 0.3) is 0 Å². The van der Waals surface area contributed by atoms with Crippen LogP contribution in [0.4, 0.5) is 0 Å². The molecule has 3 N–H and O–H groups in total. The molecule has 2 aliphatic rings. The van der Waals surface area contributed by atoms with Gasteiger partial charge in [-0.1, -0.05) is 0 Å². The van der Waals surface area contributed by atoms with E-state index >= 15 is 0 Å². The molecule has 1 unspecified atom stereocenters. The minimum Gasteiger partial charge on any atom is -0.402 e. The number of nitrogens with two attached hydrogens (primary N) is 1. The van der Waals surface area contributed by atoms with Gasteiger partial charge in [0.1, 0.15) is 0 Å². The molecule has 0 aromatic carbocycles. The Morgan fingerprint density at radius 3 is 3.40 bits per heavy atom. The smallest absolute Gasteiger partial charge is 0.0810 e. The molecule has 3 nitrogen and oxygen atoms in total. The summed E-state index contributed by atoms with van der Waals surface area (Å²) in [6.07, 6.45) is 3.60. The maximum absolute atomic E-state index is 5.69. The lowest BCUT2D eigenvalue weighted by molar-refractivity contribution is 0.269. The first-order chi connectivity index (χ1) is 4.86. The molecule has 0 aromatic rings. The summed E-state index contributed by atoms with van der Waals surface area (Å²) in [7, 11) is 0. The molecular weight excluding hydrogens is 126 g/mol. The maximum Gasteiger partial charge on any atom is 0.0810 e. The summed E-state index contributed by atoms with van der Waals surface area (Å²) < 4.78 is 0. The Morgan fingerprint density at radius 2 is 2.50 bits per heavy atom. The Morgan fingerprint density at radius 1 is 1.60 bits per heavy atom. The Labute approximate surface area is 60.9 Å². The number of fused-ring (bicyclic) bond motifs is 1. The first-order valence-electron chi connectivity index (χ1n) is 3.80. The normalized spacial score (nSPS) is 33.6. The predicted octanol–water partition coefficient (Wildman–Crippen LogP) is -0.536. The average Bonchev–Trinajstić information content (AvgIpc) is 2.33. The Hall–Kier alpha value is -0.540. The lowest BCUT2D eigenvalue weighted by Crippen LogP contribution is -2.38. The van der Waals surface area contributed by atoms with Crippen LogP contribution < -0.4 is 11.1 Å². The predicted molar refractivity (Wildman–Crippen MR) is 40.3 cm³/mol. The van der Waals surface area contributed by atoms with Crippen LogP contribution in [-0.2, 0) is 0 Å². The van der Waals surface area contributed by atoms with E-state index in [0.717, 1.165) is 25.2 Å². The van der Waals surface area contributed by atoms with Crippen molar-refractivity contribution in [2.75, 3.05) is 19.6 Å². The van der Waals surface area contributed by atoms with Crippen molar-refractivity contribution in [1.82, 2.24) is 10.2 Å². The van der Waals surface area contributed by atoms with Crippen LogP contribution in [0.2, 0.25) is 0 Å². The van der Waals surface area contributed by atoms with Gasteiger partial charge in [-0.25, -0.2) is 0 Å². The largest absolute Gasteiger partial charge is 0.402 e. The molecule has 10 heavy (non-hydrogen) atoms. The quantitative estimate of drug-likeness (QED) is 0.474. The first kappa shape index (κ1) is 6.19. The second-order valence-electron chi connectivity index (χ2n) is 2.93. The Bertz CT molecular complexity index is 164. The third-order valence-corrected chi connectivity index (χ3v) is 2.21. The number of nitrogens with zero attached hydrogens (tertiary/aromatic N) is 1. The monoisotopic (exact) mass is 139 g/mol. The highest BCUT2D eigenvalue weighted by molar-refractivity contribution is 5.09. The van der Waals surface area contributed by atoms with E-state index < -0.39 is 0 Å². The molecule has 2 rings (SSSR count). The van der Waals surface area contributed by atoms with Gasteiger partial charge in [0.05, 0.1) is 6.17 Å². The molecule has 0 radical (unpaired) electrons. The summed E-state index contributed by atoms with van der Waals surface area (Å²) in [5.41, 5.74) is 6.72. The molecule has 0 aromatic heterocycles. The molecule has 0 aliphatic carbocycles. The van der Waals surface area contributed by atoms with E-state index in [-0.39, 0.29) is 0 Å².